The Morgan fingerprint density at radius 1 is 1.11 bits per heavy atom. The van der Waals surface area contributed by atoms with Gasteiger partial charge in [-0.05, 0) is 37.1 Å². The number of anilines is 1. The van der Waals surface area contributed by atoms with E-state index in [0.717, 1.165) is 5.69 Å². The van der Waals surface area contributed by atoms with E-state index >= 15 is 0 Å². The van der Waals surface area contributed by atoms with E-state index in [9.17, 15) is 19.2 Å². The van der Waals surface area contributed by atoms with Crippen LogP contribution in [-0.4, -0.2) is 53.8 Å². The molecular weight excluding hydrogens is 372 g/mol. The molecule has 0 aromatic heterocycles. The van der Waals surface area contributed by atoms with Crippen molar-refractivity contribution in [2.75, 3.05) is 24.5 Å². The number of benzene rings is 1. The lowest BCUT2D eigenvalue weighted by molar-refractivity contribution is -0.139. The van der Waals surface area contributed by atoms with Gasteiger partial charge in [0.15, 0.2) is 0 Å². The summed E-state index contributed by atoms with van der Waals surface area (Å²) in [6.07, 6.45) is 0.913. The van der Waals surface area contributed by atoms with Gasteiger partial charge < -0.3 is 15.1 Å². The highest BCUT2D eigenvalue weighted by atomic mass is 35.5. The molecule has 3 aliphatic heterocycles. The molecule has 0 aliphatic carbocycles. The Bertz CT molecular complexity index is 817. The summed E-state index contributed by atoms with van der Waals surface area (Å²) >= 11 is 5.89. The molecule has 3 heterocycles. The van der Waals surface area contributed by atoms with Crippen LogP contribution in [0.25, 0.3) is 0 Å². The minimum Gasteiger partial charge on any atom is -0.342 e. The van der Waals surface area contributed by atoms with Gasteiger partial charge in [-0.15, -0.1) is 0 Å². The lowest BCUT2D eigenvalue weighted by Crippen LogP contribution is -2.56. The second-order valence-corrected chi connectivity index (χ2v) is 7.63. The maximum Gasteiger partial charge on any atom is 0.322 e. The molecule has 1 aromatic carbocycles. The van der Waals surface area contributed by atoms with Gasteiger partial charge in [0.2, 0.25) is 11.8 Å². The molecule has 0 saturated carbocycles. The summed E-state index contributed by atoms with van der Waals surface area (Å²) < 4.78 is 0. The molecule has 2 N–H and O–H groups in total. The zero-order chi connectivity index (χ0) is 19.2. The minimum absolute atomic E-state index is 0.0839. The number of hydrogen-bond donors (Lipinski definition) is 2. The predicted octanol–water partition coefficient (Wildman–Crippen LogP) is 0.893. The molecule has 1 aromatic rings. The lowest BCUT2D eigenvalue weighted by Gasteiger charge is -2.37. The maximum atomic E-state index is 12.9. The topological polar surface area (TPSA) is 98.8 Å². The van der Waals surface area contributed by atoms with Crippen molar-refractivity contribution in [3.05, 3.63) is 29.3 Å². The van der Waals surface area contributed by atoms with Gasteiger partial charge in [0.25, 0.3) is 5.91 Å². The fourth-order valence-corrected chi connectivity index (χ4v) is 4.12. The van der Waals surface area contributed by atoms with E-state index in [4.69, 9.17) is 11.6 Å². The minimum atomic E-state index is -0.908. The second-order valence-electron chi connectivity index (χ2n) is 7.20. The van der Waals surface area contributed by atoms with Gasteiger partial charge in [0.05, 0.1) is 5.92 Å². The van der Waals surface area contributed by atoms with Crippen molar-refractivity contribution < 1.29 is 19.2 Å². The van der Waals surface area contributed by atoms with E-state index in [2.05, 4.69) is 10.6 Å². The van der Waals surface area contributed by atoms with Gasteiger partial charge in [-0.25, -0.2) is 4.79 Å². The summed E-state index contributed by atoms with van der Waals surface area (Å²) in [6, 6.07) is 6.46. The van der Waals surface area contributed by atoms with Crippen molar-refractivity contribution in [2.45, 2.75) is 24.8 Å². The Balaban J connectivity index is 1.39. The van der Waals surface area contributed by atoms with Crippen molar-refractivity contribution in [3.8, 4) is 0 Å². The van der Waals surface area contributed by atoms with Gasteiger partial charge in [-0.1, -0.05) is 11.6 Å². The molecule has 3 saturated heterocycles. The van der Waals surface area contributed by atoms with E-state index in [0.29, 0.717) is 37.5 Å². The highest BCUT2D eigenvalue weighted by Crippen LogP contribution is 2.30. The number of imide groups is 1. The molecule has 1 atom stereocenters. The largest absolute Gasteiger partial charge is 0.342 e. The van der Waals surface area contributed by atoms with Gasteiger partial charge in [-0.2, -0.15) is 0 Å². The molecule has 1 unspecified atom stereocenters. The number of nitrogens with one attached hydrogen (secondary N) is 2. The molecule has 4 rings (SSSR count). The number of amides is 5. The quantitative estimate of drug-likeness (QED) is 0.733. The number of urea groups is 1. The molecule has 1 spiro atoms. The Morgan fingerprint density at radius 3 is 2.37 bits per heavy atom. The Kier molecular flexibility index (Phi) is 4.30. The van der Waals surface area contributed by atoms with Gasteiger partial charge >= 0.3 is 6.03 Å². The number of carbonyl (C=O) groups excluding carboxylic acids is 4. The van der Waals surface area contributed by atoms with Crippen molar-refractivity contribution in [1.29, 1.82) is 0 Å². The SMILES string of the molecule is O=C1NC(=O)C2(CCN(C(=O)C3CC(=O)N(c4ccc(Cl)cc4)C3)CC2)N1. The monoisotopic (exact) mass is 390 g/mol. The van der Waals surface area contributed by atoms with E-state index in [-0.39, 0.29) is 24.1 Å². The first-order valence-electron chi connectivity index (χ1n) is 8.86. The highest BCUT2D eigenvalue weighted by Gasteiger charge is 2.49. The molecule has 3 aliphatic rings. The van der Waals surface area contributed by atoms with Crippen LogP contribution in [0.4, 0.5) is 10.5 Å². The van der Waals surface area contributed by atoms with Crippen molar-refractivity contribution in [3.63, 3.8) is 0 Å². The fourth-order valence-electron chi connectivity index (χ4n) is 3.99. The maximum absolute atomic E-state index is 12.9. The van der Waals surface area contributed by atoms with Crippen LogP contribution in [0.2, 0.25) is 5.02 Å². The first kappa shape index (κ1) is 17.8. The average Bonchev–Trinajstić information content (AvgIpc) is 3.16. The van der Waals surface area contributed by atoms with Gasteiger partial charge in [0, 0.05) is 36.8 Å². The second kappa shape index (κ2) is 6.53. The molecule has 0 radical (unpaired) electrons. The van der Waals surface area contributed by atoms with Crippen LogP contribution < -0.4 is 15.5 Å². The molecular formula is C18H19ClN4O4. The summed E-state index contributed by atoms with van der Waals surface area (Å²) in [5, 5.41) is 5.52. The Labute approximate surface area is 160 Å². The van der Waals surface area contributed by atoms with E-state index in [1.807, 2.05) is 0 Å². The van der Waals surface area contributed by atoms with Crippen LogP contribution in [0.5, 0.6) is 0 Å². The molecule has 27 heavy (non-hydrogen) atoms. The van der Waals surface area contributed by atoms with E-state index in [1.165, 1.54) is 0 Å². The normalized spacial score (nSPS) is 24.3. The van der Waals surface area contributed by atoms with Crippen LogP contribution in [0.1, 0.15) is 19.3 Å². The third kappa shape index (κ3) is 3.14. The van der Waals surface area contributed by atoms with Crippen molar-refractivity contribution in [1.82, 2.24) is 15.5 Å². The number of likely N-dealkylation sites (tertiary alicyclic amines) is 1. The van der Waals surface area contributed by atoms with Crippen LogP contribution in [-0.2, 0) is 14.4 Å². The fraction of sp³-hybridized carbons (Fsp3) is 0.444. The Hall–Kier alpha value is -2.61. The number of halogens is 1. The van der Waals surface area contributed by atoms with Crippen molar-refractivity contribution in [2.24, 2.45) is 5.92 Å². The molecule has 9 heteroatoms. The predicted molar refractivity (Wildman–Crippen MR) is 97.1 cm³/mol. The summed E-state index contributed by atoms with van der Waals surface area (Å²) in [4.78, 5) is 51.9. The molecule has 3 fully saturated rings. The summed E-state index contributed by atoms with van der Waals surface area (Å²) in [5.74, 6) is -0.912. The number of rotatable bonds is 2. The third-order valence-electron chi connectivity index (χ3n) is 5.56. The van der Waals surface area contributed by atoms with Crippen LogP contribution in [0.3, 0.4) is 0 Å². The first-order chi connectivity index (χ1) is 12.9. The summed E-state index contributed by atoms with van der Waals surface area (Å²) in [6.45, 7) is 1.08. The smallest absolute Gasteiger partial charge is 0.322 e. The summed E-state index contributed by atoms with van der Waals surface area (Å²) in [7, 11) is 0. The third-order valence-corrected chi connectivity index (χ3v) is 5.81. The highest BCUT2D eigenvalue weighted by molar-refractivity contribution is 6.30. The number of piperidine rings is 1. The number of nitrogens with zero attached hydrogens (tertiary/aromatic N) is 2. The van der Waals surface area contributed by atoms with Crippen LogP contribution >= 0.6 is 11.6 Å². The van der Waals surface area contributed by atoms with Crippen molar-refractivity contribution >= 4 is 41.0 Å². The zero-order valence-electron chi connectivity index (χ0n) is 14.5. The average molecular weight is 391 g/mol. The lowest BCUT2D eigenvalue weighted by atomic mass is 9.87. The molecule has 0 bridgehead atoms. The zero-order valence-corrected chi connectivity index (χ0v) is 15.3. The van der Waals surface area contributed by atoms with Crippen LogP contribution in [0, 0.1) is 5.92 Å². The van der Waals surface area contributed by atoms with E-state index in [1.54, 1.807) is 34.1 Å². The first-order valence-corrected chi connectivity index (χ1v) is 9.24. The molecule has 8 nitrogen and oxygen atoms in total. The molecule has 142 valence electrons. The number of carbonyl (C=O) groups is 4. The van der Waals surface area contributed by atoms with E-state index < -0.39 is 17.5 Å². The molecule has 5 amide bonds. The number of hydrogen-bond acceptors (Lipinski definition) is 4. The van der Waals surface area contributed by atoms with Gasteiger partial charge in [-0.3, -0.25) is 19.7 Å². The standard InChI is InChI=1S/C18H19ClN4O4/c19-12-1-3-13(4-2-12)23-10-11(9-14(23)24)15(25)22-7-5-18(6-8-22)16(26)20-17(27)21-18/h1-4,11H,5-10H2,(H2,20,21,26,27). The summed E-state index contributed by atoms with van der Waals surface area (Å²) in [5.41, 5.74) is -0.183. The van der Waals surface area contributed by atoms with Crippen LogP contribution in [0.15, 0.2) is 24.3 Å². The van der Waals surface area contributed by atoms with Gasteiger partial charge in [0.1, 0.15) is 5.54 Å². The Morgan fingerprint density at radius 2 is 1.78 bits per heavy atom.